The Hall–Kier alpha value is -3.38. The molecule has 0 aliphatic heterocycles. The lowest BCUT2D eigenvalue weighted by atomic mass is 10.1. The van der Waals surface area contributed by atoms with Gasteiger partial charge in [0, 0.05) is 17.3 Å². The molecule has 0 spiro atoms. The van der Waals surface area contributed by atoms with Gasteiger partial charge in [-0.05, 0) is 50.1 Å². The number of aryl methyl sites for hydroxylation is 3. The third kappa shape index (κ3) is 4.96. The molecule has 1 aromatic heterocycles. The van der Waals surface area contributed by atoms with E-state index in [1.807, 2.05) is 62.4 Å². The van der Waals surface area contributed by atoms with Gasteiger partial charge in [-0.1, -0.05) is 48.0 Å². The van der Waals surface area contributed by atoms with E-state index in [4.69, 9.17) is 16.3 Å². The zero-order valence-electron chi connectivity index (χ0n) is 17.0. The van der Waals surface area contributed by atoms with Crippen molar-refractivity contribution < 1.29 is 14.3 Å². The van der Waals surface area contributed by atoms with Gasteiger partial charge in [0.25, 0.3) is 5.91 Å². The normalized spacial score (nSPS) is 10.9. The van der Waals surface area contributed by atoms with Crippen molar-refractivity contribution in [2.45, 2.75) is 20.8 Å². The Labute approximate surface area is 180 Å². The van der Waals surface area contributed by atoms with Crippen molar-refractivity contribution in [3.8, 4) is 5.69 Å². The maximum absolute atomic E-state index is 12.1. The summed E-state index contributed by atoms with van der Waals surface area (Å²) in [5, 5.41) is 7.57. The van der Waals surface area contributed by atoms with E-state index in [2.05, 4.69) is 10.4 Å². The molecule has 0 unspecified atom stereocenters. The summed E-state index contributed by atoms with van der Waals surface area (Å²) in [4.78, 5) is 24.2. The van der Waals surface area contributed by atoms with Crippen molar-refractivity contribution in [1.82, 2.24) is 9.78 Å². The number of halogens is 1. The smallest absolute Gasteiger partial charge is 0.331 e. The second-order valence-electron chi connectivity index (χ2n) is 6.79. The first-order valence-corrected chi connectivity index (χ1v) is 9.76. The number of para-hydroxylation sites is 2. The Morgan fingerprint density at radius 1 is 1.07 bits per heavy atom. The van der Waals surface area contributed by atoms with Gasteiger partial charge in [-0.3, -0.25) is 4.79 Å². The summed E-state index contributed by atoms with van der Waals surface area (Å²) in [6.07, 6.45) is 2.77. The molecule has 7 heteroatoms. The number of esters is 1. The van der Waals surface area contributed by atoms with E-state index in [-0.39, 0.29) is 6.61 Å². The number of aromatic nitrogens is 2. The minimum absolute atomic E-state index is 0.382. The number of hydrogen-bond acceptors (Lipinski definition) is 4. The van der Waals surface area contributed by atoms with Crippen molar-refractivity contribution in [3.63, 3.8) is 0 Å². The molecule has 0 aliphatic carbocycles. The summed E-state index contributed by atoms with van der Waals surface area (Å²) < 4.78 is 6.64. The van der Waals surface area contributed by atoms with Gasteiger partial charge in [-0.2, -0.15) is 5.10 Å². The Bertz CT molecular complexity index is 1080. The molecule has 1 heterocycles. The second-order valence-corrected chi connectivity index (χ2v) is 7.15. The fraction of sp³-hybridized carbons (Fsp3) is 0.174. The van der Waals surface area contributed by atoms with Gasteiger partial charge in [0.2, 0.25) is 0 Å². The summed E-state index contributed by atoms with van der Waals surface area (Å²) in [6.45, 7) is 5.22. The summed E-state index contributed by atoms with van der Waals surface area (Å²) in [7, 11) is 0. The fourth-order valence-corrected chi connectivity index (χ4v) is 3.30. The zero-order valence-corrected chi connectivity index (χ0v) is 17.7. The van der Waals surface area contributed by atoms with Crippen LogP contribution in [-0.2, 0) is 14.3 Å². The molecule has 0 bridgehead atoms. The van der Waals surface area contributed by atoms with Crippen LogP contribution in [0.25, 0.3) is 11.8 Å². The minimum Gasteiger partial charge on any atom is -0.452 e. The standard InChI is InChI=1S/C23H22ClN3O3/c1-15-8-7-9-16(2)22(15)25-20(28)14-30-21(29)13-12-19-17(3)26-27(23(19)24)18-10-5-4-6-11-18/h4-13H,14H2,1-3H3,(H,25,28)/b13-12+. The van der Waals surface area contributed by atoms with Crippen molar-refractivity contribution in [1.29, 1.82) is 0 Å². The van der Waals surface area contributed by atoms with Gasteiger partial charge in [-0.25, -0.2) is 9.48 Å². The highest BCUT2D eigenvalue weighted by Crippen LogP contribution is 2.24. The number of benzene rings is 2. The molecule has 0 saturated carbocycles. The molecule has 154 valence electrons. The molecule has 2 aromatic carbocycles. The predicted molar refractivity (Wildman–Crippen MR) is 118 cm³/mol. The van der Waals surface area contributed by atoms with Crippen molar-refractivity contribution in [2.75, 3.05) is 11.9 Å². The number of nitrogens with zero attached hydrogens (tertiary/aromatic N) is 2. The van der Waals surface area contributed by atoms with Crippen LogP contribution in [-0.4, -0.2) is 28.3 Å². The molecule has 0 atom stereocenters. The quantitative estimate of drug-likeness (QED) is 0.462. The number of carbonyl (C=O) groups is 2. The molecule has 0 radical (unpaired) electrons. The number of anilines is 1. The lowest BCUT2D eigenvalue weighted by Gasteiger charge is -2.11. The Balaban J connectivity index is 1.61. The maximum Gasteiger partial charge on any atom is 0.331 e. The van der Waals surface area contributed by atoms with Crippen LogP contribution in [0.4, 0.5) is 5.69 Å². The van der Waals surface area contributed by atoms with E-state index in [9.17, 15) is 9.59 Å². The number of ether oxygens (including phenoxy) is 1. The first-order valence-electron chi connectivity index (χ1n) is 9.38. The molecule has 1 amide bonds. The van der Waals surface area contributed by atoms with Gasteiger partial charge < -0.3 is 10.1 Å². The lowest BCUT2D eigenvalue weighted by Crippen LogP contribution is -2.21. The molecule has 6 nitrogen and oxygen atoms in total. The average molecular weight is 424 g/mol. The lowest BCUT2D eigenvalue weighted by molar-refractivity contribution is -0.142. The van der Waals surface area contributed by atoms with Crippen LogP contribution in [0.3, 0.4) is 0 Å². The third-order valence-corrected chi connectivity index (χ3v) is 4.89. The fourth-order valence-electron chi connectivity index (χ4n) is 2.96. The predicted octanol–water partition coefficient (Wildman–Crippen LogP) is 4.65. The molecule has 0 fully saturated rings. The van der Waals surface area contributed by atoms with E-state index in [0.29, 0.717) is 16.4 Å². The topological polar surface area (TPSA) is 73.2 Å². The highest BCUT2D eigenvalue weighted by atomic mass is 35.5. The van der Waals surface area contributed by atoms with E-state index in [0.717, 1.165) is 22.5 Å². The molecule has 3 aromatic rings. The molecule has 30 heavy (non-hydrogen) atoms. The molecule has 0 aliphatic rings. The largest absolute Gasteiger partial charge is 0.452 e. The van der Waals surface area contributed by atoms with Crippen LogP contribution in [0.5, 0.6) is 0 Å². The van der Waals surface area contributed by atoms with Crippen LogP contribution in [0.1, 0.15) is 22.4 Å². The number of hydrogen-bond donors (Lipinski definition) is 1. The summed E-state index contributed by atoms with van der Waals surface area (Å²) in [5.41, 5.74) is 4.70. The molecular formula is C23H22ClN3O3. The summed E-state index contributed by atoms with van der Waals surface area (Å²) in [6, 6.07) is 15.2. The number of amides is 1. The Morgan fingerprint density at radius 2 is 1.73 bits per heavy atom. The molecule has 1 N–H and O–H groups in total. The monoisotopic (exact) mass is 423 g/mol. The van der Waals surface area contributed by atoms with E-state index < -0.39 is 11.9 Å². The van der Waals surface area contributed by atoms with Crippen LogP contribution >= 0.6 is 11.6 Å². The number of rotatable bonds is 6. The van der Waals surface area contributed by atoms with Crippen molar-refractivity contribution in [2.24, 2.45) is 0 Å². The SMILES string of the molecule is Cc1cccc(C)c1NC(=O)COC(=O)/C=C/c1c(C)nn(-c2ccccc2)c1Cl. The van der Waals surface area contributed by atoms with Gasteiger partial charge in [0.15, 0.2) is 6.61 Å². The number of nitrogens with one attached hydrogen (secondary N) is 1. The van der Waals surface area contributed by atoms with Gasteiger partial charge in [0.05, 0.1) is 11.4 Å². The maximum atomic E-state index is 12.1. The molecular weight excluding hydrogens is 402 g/mol. The minimum atomic E-state index is -0.644. The van der Waals surface area contributed by atoms with Gasteiger partial charge >= 0.3 is 5.97 Å². The van der Waals surface area contributed by atoms with Crippen molar-refractivity contribution >= 4 is 35.2 Å². The van der Waals surface area contributed by atoms with E-state index in [1.165, 1.54) is 12.2 Å². The van der Waals surface area contributed by atoms with E-state index in [1.54, 1.807) is 11.6 Å². The second kappa shape index (κ2) is 9.41. The summed E-state index contributed by atoms with van der Waals surface area (Å²) >= 11 is 6.43. The average Bonchev–Trinajstić information content (AvgIpc) is 3.02. The van der Waals surface area contributed by atoms with E-state index >= 15 is 0 Å². The van der Waals surface area contributed by atoms with Crippen molar-refractivity contribution in [3.05, 3.63) is 82.1 Å². The Morgan fingerprint density at radius 3 is 2.40 bits per heavy atom. The zero-order chi connectivity index (χ0) is 21.7. The third-order valence-electron chi connectivity index (χ3n) is 4.53. The van der Waals surface area contributed by atoms with Gasteiger partial charge in [-0.15, -0.1) is 0 Å². The first kappa shape index (κ1) is 21.3. The molecule has 0 saturated heterocycles. The number of carbonyl (C=O) groups excluding carboxylic acids is 2. The van der Waals surface area contributed by atoms with Gasteiger partial charge in [0.1, 0.15) is 5.15 Å². The Kier molecular flexibility index (Phi) is 6.69. The molecule has 3 rings (SSSR count). The van der Waals surface area contributed by atoms with Crippen LogP contribution in [0.2, 0.25) is 5.15 Å². The van der Waals surface area contributed by atoms with Crippen LogP contribution in [0, 0.1) is 20.8 Å². The van der Waals surface area contributed by atoms with Crippen LogP contribution < -0.4 is 5.32 Å². The first-order chi connectivity index (χ1) is 14.4. The summed E-state index contributed by atoms with van der Waals surface area (Å²) in [5.74, 6) is -1.05. The highest BCUT2D eigenvalue weighted by molar-refractivity contribution is 6.31. The highest BCUT2D eigenvalue weighted by Gasteiger charge is 2.13. The van der Waals surface area contributed by atoms with Crippen LogP contribution in [0.15, 0.2) is 54.6 Å².